The molecule has 20 heavy (non-hydrogen) atoms. The number of benzene rings is 1. The Bertz CT molecular complexity index is 594. The van der Waals surface area contributed by atoms with Crippen LogP contribution >= 0.6 is 0 Å². The summed E-state index contributed by atoms with van der Waals surface area (Å²) in [4.78, 5) is 12.7. The minimum absolute atomic E-state index is 0.0576. The van der Waals surface area contributed by atoms with E-state index in [0.717, 1.165) is 18.5 Å². The highest BCUT2D eigenvalue weighted by atomic mass is 19.1. The average Bonchev–Trinajstić information content (AvgIpc) is 2.90. The largest absolute Gasteiger partial charge is 0.273 e. The van der Waals surface area contributed by atoms with Crippen molar-refractivity contribution >= 4 is 5.91 Å². The van der Waals surface area contributed by atoms with Crippen LogP contribution in [0.3, 0.4) is 0 Å². The van der Waals surface area contributed by atoms with Gasteiger partial charge in [0.2, 0.25) is 5.91 Å². The molecule has 2 aliphatic heterocycles. The fraction of sp³-hybridized carbons (Fsp3) is 0.438. The second-order valence-electron chi connectivity index (χ2n) is 5.84. The third-order valence-electron chi connectivity index (χ3n) is 4.24. The lowest BCUT2D eigenvalue weighted by atomic mass is 9.86. The van der Waals surface area contributed by atoms with E-state index in [4.69, 9.17) is 6.42 Å². The van der Waals surface area contributed by atoms with Crippen LogP contribution in [0.2, 0.25) is 0 Å². The Kier molecular flexibility index (Phi) is 3.02. The van der Waals surface area contributed by atoms with Crippen LogP contribution in [-0.4, -0.2) is 29.0 Å². The van der Waals surface area contributed by atoms with Crippen LogP contribution in [0.4, 0.5) is 4.39 Å². The first-order valence-electron chi connectivity index (χ1n) is 6.82. The molecule has 2 fully saturated rings. The summed E-state index contributed by atoms with van der Waals surface area (Å²) in [6.07, 6.45) is 6.66. The molecule has 0 bridgehead atoms. The predicted octanol–water partition coefficient (Wildman–Crippen LogP) is 2.36. The van der Waals surface area contributed by atoms with Gasteiger partial charge in [0.25, 0.3) is 0 Å². The Morgan fingerprint density at radius 1 is 1.55 bits per heavy atom. The van der Waals surface area contributed by atoms with Gasteiger partial charge in [0, 0.05) is 19.5 Å². The number of terminal acetylenes is 1. The van der Waals surface area contributed by atoms with Crippen molar-refractivity contribution in [3.05, 3.63) is 35.6 Å². The maximum atomic E-state index is 13.4. The van der Waals surface area contributed by atoms with Gasteiger partial charge in [-0.05, 0) is 31.0 Å². The van der Waals surface area contributed by atoms with E-state index in [9.17, 15) is 9.18 Å². The van der Waals surface area contributed by atoms with Gasteiger partial charge >= 0.3 is 0 Å². The maximum absolute atomic E-state index is 13.4. The van der Waals surface area contributed by atoms with Crippen molar-refractivity contribution in [3.8, 4) is 12.3 Å². The van der Waals surface area contributed by atoms with Crippen LogP contribution < -0.4 is 0 Å². The van der Waals surface area contributed by atoms with Gasteiger partial charge in [0.15, 0.2) is 0 Å². The minimum Gasteiger partial charge on any atom is -0.273 e. The molecule has 2 saturated heterocycles. The SMILES string of the molecule is C#CCC1(C)CN2CC[C@@H](c3cccc(F)c3)N2C1=O. The molecule has 0 radical (unpaired) electrons. The van der Waals surface area contributed by atoms with Crippen LogP contribution in [0, 0.1) is 23.6 Å². The molecule has 1 unspecified atom stereocenters. The molecule has 3 rings (SSSR count). The molecule has 0 N–H and O–H groups in total. The van der Waals surface area contributed by atoms with Crippen LogP contribution in [0.15, 0.2) is 24.3 Å². The van der Waals surface area contributed by atoms with Gasteiger partial charge in [-0.2, -0.15) is 0 Å². The van der Waals surface area contributed by atoms with E-state index in [2.05, 4.69) is 10.9 Å². The van der Waals surface area contributed by atoms with E-state index in [1.54, 1.807) is 11.1 Å². The van der Waals surface area contributed by atoms with Crippen LogP contribution in [0.25, 0.3) is 0 Å². The van der Waals surface area contributed by atoms with E-state index in [1.165, 1.54) is 12.1 Å². The Morgan fingerprint density at radius 2 is 2.35 bits per heavy atom. The van der Waals surface area contributed by atoms with E-state index in [0.29, 0.717) is 13.0 Å². The molecule has 2 atom stereocenters. The van der Waals surface area contributed by atoms with Crippen molar-refractivity contribution in [3.63, 3.8) is 0 Å². The number of fused-ring (bicyclic) bond motifs is 1. The van der Waals surface area contributed by atoms with E-state index >= 15 is 0 Å². The summed E-state index contributed by atoms with van der Waals surface area (Å²) in [7, 11) is 0. The minimum atomic E-state index is -0.513. The third-order valence-corrected chi connectivity index (χ3v) is 4.24. The molecule has 1 aromatic carbocycles. The number of hydrazine groups is 1. The number of carbonyl (C=O) groups is 1. The smallest absolute Gasteiger partial charge is 0.245 e. The summed E-state index contributed by atoms with van der Waals surface area (Å²) in [6, 6.07) is 6.43. The van der Waals surface area contributed by atoms with E-state index < -0.39 is 5.41 Å². The van der Waals surface area contributed by atoms with Crippen molar-refractivity contribution in [2.45, 2.75) is 25.8 Å². The van der Waals surface area contributed by atoms with Gasteiger partial charge in [0.1, 0.15) is 5.82 Å². The predicted molar refractivity (Wildman–Crippen MR) is 73.7 cm³/mol. The number of hydrogen-bond acceptors (Lipinski definition) is 2. The molecule has 3 nitrogen and oxygen atoms in total. The van der Waals surface area contributed by atoms with Crippen LogP contribution in [0.1, 0.15) is 31.4 Å². The summed E-state index contributed by atoms with van der Waals surface area (Å²) in [5.74, 6) is 2.39. The Hall–Kier alpha value is -1.86. The highest BCUT2D eigenvalue weighted by Gasteiger charge is 2.52. The van der Waals surface area contributed by atoms with E-state index in [-0.39, 0.29) is 17.8 Å². The fourth-order valence-corrected chi connectivity index (χ4v) is 3.25. The maximum Gasteiger partial charge on any atom is 0.245 e. The average molecular weight is 272 g/mol. The Morgan fingerprint density at radius 3 is 3.05 bits per heavy atom. The second kappa shape index (κ2) is 4.60. The van der Waals surface area contributed by atoms with Gasteiger partial charge in [-0.1, -0.05) is 12.1 Å². The zero-order chi connectivity index (χ0) is 14.3. The first-order valence-corrected chi connectivity index (χ1v) is 6.82. The molecular formula is C16H17FN2O. The summed E-state index contributed by atoms with van der Waals surface area (Å²) in [5.41, 5.74) is 0.339. The normalized spacial score (nSPS) is 29.6. The Labute approximate surface area is 118 Å². The van der Waals surface area contributed by atoms with Crippen LogP contribution in [-0.2, 0) is 4.79 Å². The molecule has 0 aromatic heterocycles. The lowest BCUT2D eigenvalue weighted by molar-refractivity contribution is -0.142. The second-order valence-corrected chi connectivity index (χ2v) is 5.84. The number of amides is 1. The molecule has 2 heterocycles. The third kappa shape index (κ3) is 1.90. The van der Waals surface area contributed by atoms with Crippen LogP contribution in [0.5, 0.6) is 0 Å². The highest BCUT2D eigenvalue weighted by molar-refractivity contribution is 5.85. The molecule has 1 amide bonds. The monoisotopic (exact) mass is 272 g/mol. The highest BCUT2D eigenvalue weighted by Crippen LogP contribution is 2.43. The van der Waals surface area contributed by atoms with Crippen molar-refractivity contribution in [2.24, 2.45) is 5.41 Å². The van der Waals surface area contributed by atoms with Crippen molar-refractivity contribution in [1.29, 1.82) is 0 Å². The number of halogens is 1. The van der Waals surface area contributed by atoms with Crippen molar-refractivity contribution in [2.75, 3.05) is 13.1 Å². The summed E-state index contributed by atoms with van der Waals surface area (Å²) in [6.45, 7) is 3.38. The summed E-state index contributed by atoms with van der Waals surface area (Å²) >= 11 is 0. The van der Waals surface area contributed by atoms with Gasteiger partial charge in [-0.3, -0.25) is 9.80 Å². The Balaban J connectivity index is 1.91. The zero-order valence-electron chi connectivity index (χ0n) is 11.5. The van der Waals surface area contributed by atoms with Crippen molar-refractivity contribution < 1.29 is 9.18 Å². The van der Waals surface area contributed by atoms with Gasteiger partial charge in [-0.25, -0.2) is 9.40 Å². The quantitative estimate of drug-likeness (QED) is 0.772. The lowest BCUT2D eigenvalue weighted by Gasteiger charge is -2.26. The van der Waals surface area contributed by atoms with Gasteiger partial charge < -0.3 is 0 Å². The number of carbonyl (C=O) groups excluding carboxylic acids is 1. The summed E-state index contributed by atoms with van der Waals surface area (Å²) in [5, 5.41) is 3.83. The van der Waals surface area contributed by atoms with Gasteiger partial charge in [-0.15, -0.1) is 12.3 Å². The lowest BCUT2D eigenvalue weighted by Crippen LogP contribution is -2.36. The summed E-state index contributed by atoms with van der Waals surface area (Å²) < 4.78 is 13.4. The molecular weight excluding hydrogens is 255 g/mol. The van der Waals surface area contributed by atoms with Crippen molar-refractivity contribution in [1.82, 2.24) is 10.0 Å². The molecule has 0 spiro atoms. The zero-order valence-corrected chi connectivity index (χ0v) is 11.5. The molecule has 1 aromatic rings. The molecule has 0 saturated carbocycles. The standard InChI is InChI=1S/C16H17FN2O/c1-3-8-16(2)11-18-9-7-14(19(18)15(16)20)12-5-4-6-13(17)10-12/h1,4-6,10,14H,7-9,11H2,2H3/t14-,16?/m0/s1. The molecule has 4 heteroatoms. The first-order chi connectivity index (χ1) is 9.55. The first kappa shape index (κ1) is 13.1. The number of hydrogen-bond donors (Lipinski definition) is 0. The molecule has 0 aliphatic carbocycles. The number of rotatable bonds is 2. The molecule has 104 valence electrons. The topological polar surface area (TPSA) is 23.6 Å². The van der Waals surface area contributed by atoms with Gasteiger partial charge in [0.05, 0.1) is 11.5 Å². The van der Waals surface area contributed by atoms with E-state index in [1.807, 2.05) is 13.0 Å². The fourth-order valence-electron chi connectivity index (χ4n) is 3.25. The molecule has 2 aliphatic rings. The number of nitrogens with zero attached hydrogens (tertiary/aromatic N) is 2.